The van der Waals surface area contributed by atoms with Crippen LogP contribution in [0.3, 0.4) is 0 Å². The largest absolute Gasteiger partial charge is 0.300 e. The standard InChI is InChI=1S/C16H9Cl2FN2OS/c17-10-5-3-7-12(14(10)18)20-16-21-15(22)13(23-16)8-9-4-1-2-6-11(9)19/h1-8H,(H,20,21,22)/b13-8+. The second-order valence-electron chi connectivity index (χ2n) is 4.58. The number of aliphatic imine (C=N–C) groups is 1. The van der Waals surface area contributed by atoms with Crippen molar-refractivity contribution in [1.29, 1.82) is 0 Å². The van der Waals surface area contributed by atoms with Crippen LogP contribution in [0, 0.1) is 5.82 Å². The molecule has 0 bridgehead atoms. The Balaban J connectivity index is 1.89. The number of halogens is 3. The first-order valence-corrected chi connectivity index (χ1v) is 8.10. The summed E-state index contributed by atoms with van der Waals surface area (Å²) in [6.45, 7) is 0. The Labute approximate surface area is 146 Å². The molecule has 0 saturated carbocycles. The molecule has 0 spiro atoms. The molecule has 0 aromatic heterocycles. The summed E-state index contributed by atoms with van der Waals surface area (Å²) in [6, 6.07) is 11.3. The first-order valence-electron chi connectivity index (χ1n) is 6.53. The number of amidine groups is 1. The number of hydrogen-bond donors (Lipinski definition) is 1. The Bertz CT molecular complexity index is 852. The van der Waals surface area contributed by atoms with Crippen molar-refractivity contribution in [3.63, 3.8) is 0 Å². The van der Waals surface area contributed by atoms with E-state index in [-0.39, 0.29) is 5.91 Å². The number of nitrogens with one attached hydrogen (secondary N) is 1. The molecule has 23 heavy (non-hydrogen) atoms. The van der Waals surface area contributed by atoms with Gasteiger partial charge in [0.15, 0.2) is 5.17 Å². The maximum Gasteiger partial charge on any atom is 0.264 e. The molecular formula is C16H9Cl2FN2OS. The average Bonchev–Trinajstić information content (AvgIpc) is 2.86. The highest BCUT2D eigenvalue weighted by molar-refractivity contribution is 8.18. The van der Waals surface area contributed by atoms with Gasteiger partial charge in [0.25, 0.3) is 5.91 Å². The molecule has 0 unspecified atom stereocenters. The Morgan fingerprint density at radius 3 is 2.70 bits per heavy atom. The number of thioether (sulfide) groups is 1. The van der Waals surface area contributed by atoms with E-state index in [1.54, 1.807) is 36.4 Å². The second kappa shape index (κ2) is 6.74. The maximum absolute atomic E-state index is 13.7. The summed E-state index contributed by atoms with van der Waals surface area (Å²) in [6.07, 6.45) is 1.48. The Morgan fingerprint density at radius 2 is 1.91 bits per heavy atom. The van der Waals surface area contributed by atoms with Gasteiger partial charge < -0.3 is 5.32 Å². The fraction of sp³-hybridized carbons (Fsp3) is 0. The predicted molar refractivity (Wildman–Crippen MR) is 93.7 cm³/mol. The zero-order chi connectivity index (χ0) is 16.4. The summed E-state index contributed by atoms with van der Waals surface area (Å²) in [4.78, 5) is 16.6. The Morgan fingerprint density at radius 1 is 1.13 bits per heavy atom. The van der Waals surface area contributed by atoms with Crippen molar-refractivity contribution in [2.45, 2.75) is 0 Å². The second-order valence-corrected chi connectivity index (χ2v) is 6.39. The molecule has 1 saturated heterocycles. The molecule has 1 aliphatic rings. The number of nitrogens with zero attached hydrogens (tertiary/aromatic N) is 1. The third-order valence-electron chi connectivity index (χ3n) is 3.00. The van der Waals surface area contributed by atoms with Crippen molar-refractivity contribution in [2.24, 2.45) is 4.99 Å². The predicted octanol–water partition coefficient (Wildman–Crippen LogP) is 5.02. The number of rotatable bonds is 2. The molecule has 116 valence electrons. The molecule has 1 fully saturated rings. The monoisotopic (exact) mass is 366 g/mol. The summed E-state index contributed by atoms with van der Waals surface area (Å²) < 4.78 is 13.7. The van der Waals surface area contributed by atoms with Crippen molar-refractivity contribution >= 4 is 57.8 Å². The lowest BCUT2D eigenvalue weighted by molar-refractivity contribution is -0.115. The average molecular weight is 367 g/mol. The molecule has 0 atom stereocenters. The smallest absolute Gasteiger partial charge is 0.264 e. The Hall–Kier alpha value is -1.82. The van der Waals surface area contributed by atoms with Gasteiger partial charge in [-0.25, -0.2) is 9.38 Å². The summed E-state index contributed by atoms with van der Waals surface area (Å²) in [5.74, 6) is -0.730. The van der Waals surface area contributed by atoms with E-state index in [0.29, 0.717) is 31.4 Å². The lowest BCUT2D eigenvalue weighted by Gasteiger charge is -2.00. The minimum atomic E-state index is -0.392. The van der Waals surface area contributed by atoms with Gasteiger partial charge in [-0.15, -0.1) is 0 Å². The quantitative estimate of drug-likeness (QED) is 0.757. The first kappa shape index (κ1) is 16.1. The SMILES string of the molecule is O=C1NC(=Nc2cccc(Cl)c2Cl)S/C1=C/c1ccccc1F. The highest BCUT2D eigenvalue weighted by Crippen LogP contribution is 2.34. The summed E-state index contributed by atoms with van der Waals surface area (Å²) >= 11 is 13.1. The van der Waals surface area contributed by atoms with Gasteiger partial charge in [0.1, 0.15) is 5.82 Å². The third-order valence-corrected chi connectivity index (χ3v) is 4.71. The lowest BCUT2D eigenvalue weighted by atomic mass is 10.2. The zero-order valence-electron chi connectivity index (χ0n) is 11.5. The normalized spacial score (nSPS) is 17.8. The van der Waals surface area contributed by atoms with E-state index in [2.05, 4.69) is 10.3 Å². The van der Waals surface area contributed by atoms with Crippen molar-refractivity contribution in [2.75, 3.05) is 0 Å². The van der Waals surface area contributed by atoms with Crippen molar-refractivity contribution in [3.8, 4) is 0 Å². The van der Waals surface area contributed by atoms with Crippen LogP contribution < -0.4 is 5.32 Å². The van der Waals surface area contributed by atoms with Gasteiger partial charge in [-0.1, -0.05) is 47.5 Å². The van der Waals surface area contributed by atoms with Crippen LogP contribution in [0.5, 0.6) is 0 Å². The van der Waals surface area contributed by atoms with Gasteiger partial charge in [0.2, 0.25) is 0 Å². The molecular weight excluding hydrogens is 358 g/mol. The van der Waals surface area contributed by atoms with Crippen LogP contribution in [0.2, 0.25) is 10.0 Å². The summed E-state index contributed by atoms with van der Waals surface area (Å²) in [7, 11) is 0. The van der Waals surface area contributed by atoms with E-state index in [0.717, 1.165) is 11.8 Å². The summed E-state index contributed by atoms with van der Waals surface area (Å²) in [5, 5.41) is 3.67. The lowest BCUT2D eigenvalue weighted by Crippen LogP contribution is -2.19. The van der Waals surface area contributed by atoms with Crippen molar-refractivity contribution in [3.05, 3.63) is 68.8 Å². The number of amides is 1. The van der Waals surface area contributed by atoms with Gasteiger partial charge in [-0.2, -0.15) is 0 Å². The van der Waals surface area contributed by atoms with E-state index in [1.807, 2.05) is 0 Å². The van der Waals surface area contributed by atoms with Crippen LogP contribution >= 0.6 is 35.0 Å². The molecule has 2 aromatic carbocycles. The molecule has 1 amide bonds. The van der Waals surface area contributed by atoms with Crippen LogP contribution in [-0.2, 0) is 4.79 Å². The van der Waals surface area contributed by atoms with Gasteiger partial charge in [-0.05, 0) is 36.0 Å². The molecule has 7 heteroatoms. The van der Waals surface area contributed by atoms with Gasteiger partial charge >= 0.3 is 0 Å². The zero-order valence-corrected chi connectivity index (χ0v) is 13.8. The fourth-order valence-corrected chi connectivity index (χ4v) is 3.07. The number of hydrogen-bond acceptors (Lipinski definition) is 3. The van der Waals surface area contributed by atoms with Gasteiger partial charge in [0.05, 0.1) is 20.6 Å². The number of carbonyl (C=O) groups is 1. The van der Waals surface area contributed by atoms with E-state index in [9.17, 15) is 9.18 Å². The van der Waals surface area contributed by atoms with Crippen LogP contribution in [0.1, 0.15) is 5.56 Å². The minimum absolute atomic E-state index is 0.308. The number of carbonyl (C=O) groups excluding carboxylic acids is 1. The summed E-state index contributed by atoms with van der Waals surface area (Å²) in [5.41, 5.74) is 0.793. The molecule has 1 N–H and O–H groups in total. The van der Waals surface area contributed by atoms with E-state index < -0.39 is 5.82 Å². The van der Waals surface area contributed by atoms with Crippen LogP contribution in [0.4, 0.5) is 10.1 Å². The van der Waals surface area contributed by atoms with Crippen LogP contribution in [-0.4, -0.2) is 11.1 Å². The van der Waals surface area contributed by atoms with E-state index in [1.165, 1.54) is 12.1 Å². The minimum Gasteiger partial charge on any atom is -0.300 e. The maximum atomic E-state index is 13.7. The fourth-order valence-electron chi connectivity index (χ4n) is 1.90. The molecule has 3 rings (SSSR count). The van der Waals surface area contributed by atoms with Gasteiger partial charge in [0, 0.05) is 5.56 Å². The van der Waals surface area contributed by atoms with Crippen molar-refractivity contribution < 1.29 is 9.18 Å². The highest BCUT2D eigenvalue weighted by atomic mass is 35.5. The topological polar surface area (TPSA) is 41.5 Å². The first-order chi connectivity index (χ1) is 11.0. The van der Waals surface area contributed by atoms with Gasteiger partial charge in [-0.3, -0.25) is 4.79 Å². The molecule has 0 aliphatic carbocycles. The third kappa shape index (κ3) is 3.58. The molecule has 1 heterocycles. The van der Waals surface area contributed by atoms with E-state index in [4.69, 9.17) is 23.2 Å². The molecule has 3 nitrogen and oxygen atoms in total. The molecule has 1 aliphatic heterocycles. The van der Waals surface area contributed by atoms with E-state index >= 15 is 0 Å². The number of benzene rings is 2. The van der Waals surface area contributed by atoms with Crippen LogP contribution in [0.25, 0.3) is 6.08 Å². The highest BCUT2D eigenvalue weighted by Gasteiger charge is 2.24. The molecule has 2 aromatic rings. The Kier molecular flexibility index (Phi) is 4.71. The molecule has 0 radical (unpaired) electrons. The van der Waals surface area contributed by atoms with Crippen molar-refractivity contribution in [1.82, 2.24) is 5.32 Å². The van der Waals surface area contributed by atoms with Crippen LogP contribution in [0.15, 0.2) is 52.4 Å².